The predicted octanol–water partition coefficient (Wildman–Crippen LogP) is 3.51. The van der Waals surface area contributed by atoms with E-state index in [1.54, 1.807) is 0 Å². The van der Waals surface area contributed by atoms with Crippen LogP contribution in [-0.4, -0.2) is 16.7 Å². The Morgan fingerprint density at radius 2 is 2.16 bits per heavy atom. The van der Waals surface area contributed by atoms with Gasteiger partial charge in [-0.1, -0.05) is 17.3 Å². The third-order valence-corrected chi connectivity index (χ3v) is 3.11. The monoisotopic (exact) mass is 326 g/mol. The Morgan fingerprint density at radius 3 is 2.89 bits per heavy atom. The summed E-state index contributed by atoms with van der Waals surface area (Å²) in [5, 5.41) is 3.87. The fourth-order valence-corrected chi connectivity index (χ4v) is 1.92. The third-order valence-electron chi connectivity index (χ3n) is 2.45. The second kappa shape index (κ2) is 6.68. The smallest absolute Gasteiger partial charge is 0.264 e. The molecule has 1 aromatic heterocycles. The van der Waals surface area contributed by atoms with Gasteiger partial charge in [-0.25, -0.2) is 0 Å². The largest absolute Gasteiger partial charge is 0.483 e. The summed E-state index contributed by atoms with van der Waals surface area (Å²) in [6, 6.07) is 7.60. The maximum Gasteiger partial charge on any atom is 0.264 e. The standard InChI is InChI=1S/C13H15BrN2O3/c1-3-17-9(2)13-15-12(19-16-13)8-18-11-7-5-4-6-10(11)14/h4-7,9H,3,8H2,1-2H3. The Labute approximate surface area is 120 Å². The van der Waals surface area contributed by atoms with Crippen LogP contribution in [0.4, 0.5) is 0 Å². The van der Waals surface area contributed by atoms with Crippen molar-refractivity contribution in [3.63, 3.8) is 0 Å². The summed E-state index contributed by atoms with van der Waals surface area (Å²) in [7, 11) is 0. The highest BCUT2D eigenvalue weighted by atomic mass is 79.9. The molecule has 1 atom stereocenters. The van der Waals surface area contributed by atoms with Crippen LogP contribution in [0.15, 0.2) is 33.3 Å². The summed E-state index contributed by atoms with van der Waals surface area (Å²) in [4.78, 5) is 4.23. The van der Waals surface area contributed by atoms with Crippen molar-refractivity contribution >= 4 is 15.9 Å². The van der Waals surface area contributed by atoms with E-state index >= 15 is 0 Å². The van der Waals surface area contributed by atoms with E-state index in [9.17, 15) is 0 Å². The second-order valence-corrected chi connectivity index (χ2v) is 4.72. The van der Waals surface area contributed by atoms with Crippen molar-refractivity contribution in [3.05, 3.63) is 40.5 Å². The van der Waals surface area contributed by atoms with Crippen LogP contribution < -0.4 is 4.74 Å². The van der Waals surface area contributed by atoms with Crippen LogP contribution in [-0.2, 0) is 11.3 Å². The van der Waals surface area contributed by atoms with Crippen molar-refractivity contribution < 1.29 is 14.0 Å². The molecule has 0 saturated heterocycles. The molecule has 0 aliphatic rings. The molecule has 0 saturated carbocycles. The van der Waals surface area contributed by atoms with E-state index < -0.39 is 0 Å². The zero-order valence-electron chi connectivity index (χ0n) is 10.8. The molecule has 0 radical (unpaired) electrons. The van der Waals surface area contributed by atoms with Gasteiger partial charge in [0.1, 0.15) is 11.9 Å². The first kappa shape index (κ1) is 14.0. The third kappa shape index (κ3) is 3.78. The molecule has 0 bridgehead atoms. The van der Waals surface area contributed by atoms with Crippen LogP contribution in [0, 0.1) is 0 Å². The molecule has 2 rings (SSSR count). The Balaban J connectivity index is 1.95. The van der Waals surface area contributed by atoms with Gasteiger partial charge in [0.15, 0.2) is 12.4 Å². The number of rotatable bonds is 6. The Kier molecular flexibility index (Phi) is 4.93. The summed E-state index contributed by atoms with van der Waals surface area (Å²) in [5.41, 5.74) is 0. The number of nitrogens with zero attached hydrogens (tertiary/aromatic N) is 2. The van der Waals surface area contributed by atoms with Crippen LogP contribution >= 0.6 is 15.9 Å². The molecule has 1 unspecified atom stereocenters. The highest BCUT2D eigenvalue weighted by molar-refractivity contribution is 9.10. The molecular weight excluding hydrogens is 312 g/mol. The van der Waals surface area contributed by atoms with E-state index in [0.29, 0.717) is 18.3 Å². The highest BCUT2D eigenvalue weighted by Crippen LogP contribution is 2.24. The minimum absolute atomic E-state index is 0.175. The van der Waals surface area contributed by atoms with Crippen LogP contribution in [0.25, 0.3) is 0 Å². The summed E-state index contributed by atoms with van der Waals surface area (Å²) in [6.45, 7) is 4.65. The summed E-state index contributed by atoms with van der Waals surface area (Å²) < 4.78 is 17.0. The van der Waals surface area contributed by atoms with E-state index in [-0.39, 0.29) is 12.7 Å². The molecule has 0 aliphatic carbocycles. The fraction of sp³-hybridized carbons (Fsp3) is 0.385. The number of aromatic nitrogens is 2. The quantitative estimate of drug-likeness (QED) is 0.813. The molecule has 5 nitrogen and oxygen atoms in total. The van der Waals surface area contributed by atoms with Crippen molar-refractivity contribution in [3.8, 4) is 5.75 Å². The van der Waals surface area contributed by atoms with Crippen LogP contribution in [0.2, 0.25) is 0 Å². The minimum Gasteiger partial charge on any atom is -0.483 e. The lowest BCUT2D eigenvalue weighted by atomic mass is 10.3. The molecule has 0 spiro atoms. The number of halogens is 1. The van der Waals surface area contributed by atoms with Gasteiger partial charge in [-0.05, 0) is 41.9 Å². The van der Waals surface area contributed by atoms with Crippen LogP contribution in [0.1, 0.15) is 31.7 Å². The molecule has 1 heterocycles. The SMILES string of the molecule is CCOC(C)c1noc(COc2ccccc2Br)n1. The van der Waals surface area contributed by atoms with E-state index in [1.165, 1.54) is 0 Å². The molecule has 6 heteroatoms. The van der Waals surface area contributed by atoms with Gasteiger partial charge in [0.25, 0.3) is 5.89 Å². The maximum atomic E-state index is 5.59. The van der Waals surface area contributed by atoms with Gasteiger partial charge < -0.3 is 14.0 Å². The number of benzene rings is 1. The second-order valence-electron chi connectivity index (χ2n) is 3.86. The molecule has 2 aromatic rings. The Morgan fingerprint density at radius 1 is 1.37 bits per heavy atom. The molecule has 0 amide bonds. The molecule has 0 aliphatic heterocycles. The van der Waals surface area contributed by atoms with E-state index in [0.717, 1.165) is 10.2 Å². The molecule has 1 aromatic carbocycles. The van der Waals surface area contributed by atoms with Crippen molar-refractivity contribution in [1.82, 2.24) is 10.1 Å². The Bertz CT molecular complexity index is 530. The van der Waals surface area contributed by atoms with Crippen molar-refractivity contribution in [1.29, 1.82) is 0 Å². The lowest BCUT2D eigenvalue weighted by molar-refractivity contribution is 0.0683. The minimum atomic E-state index is -0.175. The number of hydrogen-bond acceptors (Lipinski definition) is 5. The molecular formula is C13H15BrN2O3. The molecule has 19 heavy (non-hydrogen) atoms. The summed E-state index contributed by atoms with van der Waals surface area (Å²) in [5.74, 6) is 1.70. The van der Waals surface area contributed by atoms with E-state index in [1.807, 2.05) is 38.1 Å². The first-order valence-corrected chi connectivity index (χ1v) is 6.81. The lowest BCUT2D eigenvalue weighted by Gasteiger charge is -2.05. The van der Waals surface area contributed by atoms with Crippen molar-refractivity contribution in [2.24, 2.45) is 0 Å². The van der Waals surface area contributed by atoms with Gasteiger partial charge in [0.2, 0.25) is 0 Å². The van der Waals surface area contributed by atoms with Gasteiger partial charge in [-0.15, -0.1) is 0 Å². The zero-order chi connectivity index (χ0) is 13.7. The number of hydrogen-bond donors (Lipinski definition) is 0. The zero-order valence-corrected chi connectivity index (χ0v) is 12.4. The van der Waals surface area contributed by atoms with Crippen molar-refractivity contribution in [2.45, 2.75) is 26.6 Å². The normalized spacial score (nSPS) is 12.4. The van der Waals surface area contributed by atoms with Crippen molar-refractivity contribution in [2.75, 3.05) is 6.61 Å². The first-order valence-electron chi connectivity index (χ1n) is 6.02. The number of para-hydroxylation sites is 1. The van der Waals surface area contributed by atoms with Crippen LogP contribution in [0.3, 0.4) is 0 Å². The average molecular weight is 327 g/mol. The van der Waals surface area contributed by atoms with Crippen LogP contribution in [0.5, 0.6) is 5.75 Å². The average Bonchev–Trinajstić information content (AvgIpc) is 2.87. The topological polar surface area (TPSA) is 57.4 Å². The predicted molar refractivity (Wildman–Crippen MR) is 72.8 cm³/mol. The highest BCUT2D eigenvalue weighted by Gasteiger charge is 2.14. The van der Waals surface area contributed by atoms with Gasteiger partial charge >= 0.3 is 0 Å². The van der Waals surface area contributed by atoms with Gasteiger partial charge in [0.05, 0.1) is 4.47 Å². The number of ether oxygens (including phenoxy) is 2. The molecule has 0 fully saturated rings. The summed E-state index contributed by atoms with van der Waals surface area (Å²) >= 11 is 3.41. The first-order chi connectivity index (χ1) is 9.20. The molecule has 102 valence electrons. The Hall–Kier alpha value is -1.40. The fourth-order valence-electron chi connectivity index (χ4n) is 1.52. The maximum absolute atomic E-state index is 5.59. The van der Waals surface area contributed by atoms with E-state index in [2.05, 4.69) is 26.1 Å². The lowest BCUT2D eigenvalue weighted by Crippen LogP contribution is -2.02. The van der Waals surface area contributed by atoms with Gasteiger partial charge in [-0.3, -0.25) is 0 Å². The van der Waals surface area contributed by atoms with E-state index in [4.69, 9.17) is 14.0 Å². The van der Waals surface area contributed by atoms with Gasteiger partial charge in [0, 0.05) is 6.61 Å². The van der Waals surface area contributed by atoms with Gasteiger partial charge in [-0.2, -0.15) is 4.98 Å². The molecule has 0 N–H and O–H groups in total. The summed E-state index contributed by atoms with van der Waals surface area (Å²) in [6.07, 6.45) is -0.175.